The van der Waals surface area contributed by atoms with Gasteiger partial charge in [0.2, 0.25) is 0 Å². The van der Waals surface area contributed by atoms with Gasteiger partial charge < -0.3 is 0 Å². The molecule has 0 aliphatic heterocycles. The summed E-state index contributed by atoms with van der Waals surface area (Å²) in [6.07, 6.45) is 5.40. The van der Waals surface area contributed by atoms with Crippen LogP contribution in [0, 0.1) is 6.92 Å². The molecule has 0 radical (unpaired) electrons. The minimum Gasteiger partial charge on any atom is -0.207 e. The fourth-order valence-corrected chi connectivity index (χ4v) is 6.37. The summed E-state index contributed by atoms with van der Waals surface area (Å²) >= 11 is 0. The number of hydrogen-bond donors (Lipinski definition) is 0. The van der Waals surface area contributed by atoms with Crippen LogP contribution in [0.25, 0.3) is 0 Å². The fourth-order valence-electron chi connectivity index (χ4n) is 3.70. The van der Waals surface area contributed by atoms with Crippen LogP contribution in [0.1, 0.15) is 35.1 Å². The molecule has 3 rings (SSSR count). The van der Waals surface area contributed by atoms with Crippen molar-refractivity contribution in [2.45, 2.75) is 51.7 Å². The van der Waals surface area contributed by atoms with Gasteiger partial charge >= 0.3 is 0 Å². The molecular weight excluding hydrogens is 304 g/mol. The maximum atomic E-state index is 2.52. The molecule has 0 atom stereocenters. The monoisotopic (exact) mass is 329 g/mol. The normalized spacial score (nSPS) is 14.4. The summed E-state index contributed by atoms with van der Waals surface area (Å²) in [4.78, 5) is 0. The summed E-state index contributed by atoms with van der Waals surface area (Å²) in [5.41, 5.74) is 6.61. The molecule has 0 spiro atoms. The predicted molar refractivity (Wildman–Crippen MR) is 90.7 cm³/mol. The number of benzene rings is 1. The van der Waals surface area contributed by atoms with Crippen molar-refractivity contribution in [3.05, 3.63) is 58.7 Å². The molecule has 0 saturated heterocycles. The van der Waals surface area contributed by atoms with Gasteiger partial charge in [-0.2, -0.15) is 22.3 Å². The second-order valence-corrected chi connectivity index (χ2v) is 11.6. The molecule has 1 aliphatic carbocycles. The van der Waals surface area contributed by atoms with Crippen molar-refractivity contribution in [1.29, 1.82) is 0 Å². The van der Waals surface area contributed by atoms with Crippen molar-refractivity contribution in [3.8, 4) is 0 Å². The predicted octanol–water partition coefficient (Wildman–Crippen LogP) is 4.29. The van der Waals surface area contributed by atoms with Crippen LogP contribution >= 0.6 is 0 Å². The first-order valence-corrected chi connectivity index (χ1v) is 11.1. The fraction of sp³-hybridized carbons (Fsp3) is 0.421. The Labute approximate surface area is 145 Å². The number of fused-ring (bicyclic) bond motifs is 1. The summed E-state index contributed by atoms with van der Waals surface area (Å²) in [5.74, 6) is 0. The minimum atomic E-state index is -1.37. The maximum absolute atomic E-state index is 2.52. The third-order valence-corrected chi connectivity index (χ3v) is 8.05. The zero-order valence-corrected chi connectivity index (χ0v) is 16.1. The van der Waals surface area contributed by atoms with Crippen molar-refractivity contribution in [1.82, 2.24) is 0 Å². The van der Waals surface area contributed by atoms with E-state index in [1.54, 1.807) is 27.4 Å². The summed E-state index contributed by atoms with van der Waals surface area (Å²) in [5, 5.41) is 1.59. The zero-order valence-electron chi connectivity index (χ0n) is 13.5. The number of hydrogen-bond acceptors (Lipinski definition) is 0. The van der Waals surface area contributed by atoms with E-state index in [2.05, 4.69) is 56.4 Å². The van der Waals surface area contributed by atoms with Gasteiger partial charge in [-0.05, 0) is 0 Å². The van der Waals surface area contributed by atoms with Crippen molar-refractivity contribution in [3.63, 3.8) is 0 Å². The molecule has 0 amide bonds. The second-order valence-electron chi connectivity index (χ2n) is 6.94. The molecule has 21 heavy (non-hydrogen) atoms. The Kier molecular flexibility index (Phi) is 5.40. The average Bonchev–Trinajstić information content (AvgIpc) is 2.76. The Bertz CT molecular complexity index is 596. The van der Waals surface area contributed by atoms with Gasteiger partial charge in [-0.15, -0.1) is 0 Å². The van der Waals surface area contributed by atoms with Gasteiger partial charge in [0, 0.05) is 21.7 Å². The SMILES string of the molecule is Cc1cc2c([c-]1C[Si](C)(C)c1ccccc1)CCCC2.[Ti]. The molecule has 0 heterocycles. The van der Waals surface area contributed by atoms with Crippen molar-refractivity contribution in [2.24, 2.45) is 0 Å². The van der Waals surface area contributed by atoms with Crippen LogP contribution in [0.2, 0.25) is 13.1 Å². The largest absolute Gasteiger partial charge is 0.207 e. The third kappa shape index (κ3) is 3.47. The van der Waals surface area contributed by atoms with Gasteiger partial charge in [0.15, 0.2) is 0 Å². The van der Waals surface area contributed by atoms with Crippen LogP contribution in [0.3, 0.4) is 0 Å². The summed E-state index contributed by atoms with van der Waals surface area (Å²) in [6, 6.07) is 14.9. The smallest absolute Gasteiger partial charge is 0.0737 e. The average molecular weight is 329 g/mol. The van der Waals surface area contributed by atoms with Crippen LogP contribution in [-0.4, -0.2) is 8.07 Å². The molecule has 0 bridgehead atoms. The van der Waals surface area contributed by atoms with Gasteiger partial charge in [0.05, 0.1) is 8.07 Å². The summed E-state index contributed by atoms with van der Waals surface area (Å²) in [6.45, 7) is 7.36. The molecule has 2 heteroatoms. The minimum absolute atomic E-state index is 0. The van der Waals surface area contributed by atoms with Gasteiger partial charge in [0.25, 0.3) is 0 Å². The molecule has 0 aromatic heterocycles. The summed E-state index contributed by atoms with van der Waals surface area (Å²) in [7, 11) is -1.37. The number of aryl methyl sites for hydroxylation is 2. The van der Waals surface area contributed by atoms with E-state index in [1.807, 2.05) is 0 Å². The second kappa shape index (κ2) is 6.73. The molecule has 110 valence electrons. The molecule has 2 aromatic carbocycles. The summed E-state index contributed by atoms with van der Waals surface area (Å²) < 4.78 is 0. The van der Waals surface area contributed by atoms with E-state index in [-0.39, 0.29) is 21.7 Å². The van der Waals surface area contributed by atoms with Crippen LogP contribution in [-0.2, 0) is 40.6 Å². The van der Waals surface area contributed by atoms with Crippen LogP contribution in [0.15, 0.2) is 36.4 Å². The van der Waals surface area contributed by atoms with Gasteiger partial charge in [0.1, 0.15) is 0 Å². The first-order valence-electron chi connectivity index (χ1n) is 7.90. The zero-order chi connectivity index (χ0) is 14.2. The van der Waals surface area contributed by atoms with E-state index in [4.69, 9.17) is 0 Å². The molecule has 0 nitrogen and oxygen atoms in total. The van der Waals surface area contributed by atoms with Crippen LogP contribution in [0.5, 0.6) is 0 Å². The van der Waals surface area contributed by atoms with Crippen molar-refractivity contribution >= 4 is 13.3 Å². The van der Waals surface area contributed by atoms with Gasteiger partial charge in [-0.1, -0.05) is 87.3 Å². The molecule has 2 aromatic rings. The topological polar surface area (TPSA) is 0 Å². The quantitative estimate of drug-likeness (QED) is 0.582. The Morgan fingerprint density at radius 3 is 2.43 bits per heavy atom. The molecule has 0 N–H and O–H groups in total. The molecule has 1 aliphatic rings. The van der Waals surface area contributed by atoms with Crippen molar-refractivity contribution < 1.29 is 21.7 Å². The first-order chi connectivity index (χ1) is 9.58. The Balaban J connectivity index is 0.00000161. The van der Waals surface area contributed by atoms with Crippen LogP contribution in [0.4, 0.5) is 0 Å². The van der Waals surface area contributed by atoms with E-state index in [1.165, 1.54) is 31.7 Å². The molecule has 0 saturated carbocycles. The van der Waals surface area contributed by atoms with E-state index < -0.39 is 8.07 Å². The van der Waals surface area contributed by atoms with E-state index in [9.17, 15) is 0 Å². The first kappa shape index (κ1) is 16.9. The van der Waals surface area contributed by atoms with Gasteiger partial charge in [-0.3, -0.25) is 0 Å². The maximum Gasteiger partial charge on any atom is 0.0737 e. The molecule has 0 unspecified atom stereocenters. The molecular formula is C19H25SiTi-. The van der Waals surface area contributed by atoms with Gasteiger partial charge in [-0.25, -0.2) is 6.07 Å². The Morgan fingerprint density at radius 1 is 1.05 bits per heavy atom. The number of rotatable bonds is 3. The van der Waals surface area contributed by atoms with E-state index in [0.717, 1.165) is 0 Å². The Morgan fingerprint density at radius 2 is 1.71 bits per heavy atom. The van der Waals surface area contributed by atoms with E-state index >= 15 is 0 Å². The molecule has 0 fully saturated rings. The van der Waals surface area contributed by atoms with E-state index in [0.29, 0.717) is 0 Å². The van der Waals surface area contributed by atoms with Crippen LogP contribution < -0.4 is 5.19 Å². The standard InChI is InChI=1S/C19H25Si.Ti/c1-15-13-16-9-7-8-12-18(16)19(15)14-20(2,3)17-10-5-4-6-11-17;/h4-6,10-11,13H,7-9,12,14H2,1-3H3;/q-1;. The van der Waals surface area contributed by atoms with Crippen molar-refractivity contribution in [2.75, 3.05) is 0 Å². The Hall–Kier alpha value is -0.499. The third-order valence-electron chi connectivity index (χ3n) is 4.92.